The van der Waals surface area contributed by atoms with E-state index in [0.717, 1.165) is 0 Å². The molecule has 0 bridgehead atoms. The van der Waals surface area contributed by atoms with Gasteiger partial charge in [0.15, 0.2) is 0 Å². The SMILES string of the molecule is [O]C1CC(O)C1. The molecule has 0 atom stereocenters. The lowest BCUT2D eigenvalue weighted by molar-refractivity contribution is -0.0624. The van der Waals surface area contributed by atoms with E-state index in [-0.39, 0.29) is 6.10 Å². The Morgan fingerprint density at radius 3 is 2.00 bits per heavy atom. The molecular formula is C4H7O2. The molecule has 0 spiro atoms. The molecule has 1 radical (unpaired) electrons. The lowest BCUT2D eigenvalue weighted by atomic mass is 9.93. The van der Waals surface area contributed by atoms with Crippen molar-refractivity contribution < 1.29 is 10.2 Å². The van der Waals surface area contributed by atoms with Crippen molar-refractivity contribution in [3.63, 3.8) is 0 Å². The Hall–Kier alpha value is -0.0800. The highest BCUT2D eigenvalue weighted by Crippen LogP contribution is 2.18. The van der Waals surface area contributed by atoms with E-state index in [0.29, 0.717) is 12.8 Å². The van der Waals surface area contributed by atoms with E-state index in [4.69, 9.17) is 5.11 Å². The molecule has 0 aromatic heterocycles. The van der Waals surface area contributed by atoms with E-state index in [1.54, 1.807) is 0 Å². The molecule has 0 aromatic rings. The minimum atomic E-state index is -0.458. The number of hydrogen-bond acceptors (Lipinski definition) is 1. The van der Waals surface area contributed by atoms with Crippen molar-refractivity contribution in [3.8, 4) is 0 Å². The topological polar surface area (TPSA) is 40.1 Å². The van der Waals surface area contributed by atoms with Crippen molar-refractivity contribution in [1.29, 1.82) is 0 Å². The molecule has 1 aliphatic carbocycles. The summed E-state index contributed by atoms with van der Waals surface area (Å²) < 4.78 is 0. The number of aliphatic hydroxyl groups is 1. The van der Waals surface area contributed by atoms with Crippen LogP contribution >= 0.6 is 0 Å². The third-order valence-corrected chi connectivity index (χ3v) is 1.07. The molecule has 0 saturated heterocycles. The lowest BCUT2D eigenvalue weighted by Crippen LogP contribution is -2.31. The van der Waals surface area contributed by atoms with Crippen LogP contribution in [0.5, 0.6) is 0 Å². The zero-order valence-electron chi connectivity index (χ0n) is 3.42. The average molecular weight is 87.1 g/mol. The monoisotopic (exact) mass is 87.0 g/mol. The second-order valence-corrected chi connectivity index (χ2v) is 1.75. The summed E-state index contributed by atoms with van der Waals surface area (Å²) in [4.78, 5) is 0. The molecule has 6 heavy (non-hydrogen) atoms. The Balaban J connectivity index is 2.11. The van der Waals surface area contributed by atoms with E-state index in [9.17, 15) is 5.11 Å². The Kier molecular flexibility index (Phi) is 0.821. The Morgan fingerprint density at radius 2 is 2.00 bits per heavy atom. The van der Waals surface area contributed by atoms with Gasteiger partial charge in [0.05, 0.1) is 12.2 Å². The van der Waals surface area contributed by atoms with Crippen molar-refractivity contribution in [3.05, 3.63) is 0 Å². The Labute approximate surface area is 36.4 Å². The molecule has 1 saturated carbocycles. The van der Waals surface area contributed by atoms with E-state index >= 15 is 0 Å². The zero-order chi connectivity index (χ0) is 4.57. The van der Waals surface area contributed by atoms with Gasteiger partial charge in [-0.3, -0.25) is 0 Å². The number of rotatable bonds is 0. The molecule has 1 N–H and O–H groups in total. The number of aliphatic hydroxyl groups excluding tert-OH is 1. The molecule has 1 fully saturated rings. The summed E-state index contributed by atoms with van der Waals surface area (Å²) in [5.74, 6) is 0. The van der Waals surface area contributed by atoms with Crippen LogP contribution < -0.4 is 0 Å². The summed E-state index contributed by atoms with van der Waals surface area (Å²) in [6, 6.07) is 0. The van der Waals surface area contributed by atoms with Crippen LogP contribution in [0.15, 0.2) is 0 Å². The second-order valence-electron chi connectivity index (χ2n) is 1.75. The fourth-order valence-corrected chi connectivity index (χ4v) is 0.538. The van der Waals surface area contributed by atoms with Gasteiger partial charge in [-0.25, -0.2) is 5.11 Å². The highest BCUT2D eigenvalue weighted by Gasteiger charge is 2.25. The van der Waals surface area contributed by atoms with E-state index in [1.165, 1.54) is 0 Å². The zero-order valence-corrected chi connectivity index (χ0v) is 3.42. The maximum Gasteiger partial charge on any atom is 0.0979 e. The maximum absolute atomic E-state index is 10.0. The third kappa shape index (κ3) is 0.533. The van der Waals surface area contributed by atoms with Gasteiger partial charge in [0.1, 0.15) is 0 Å². The first-order valence-electron chi connectivity index (χ1n) is 2.13. The van der Waals surface area contributed by atoms with Crippen LogP contribution in [0.25, 0.3) is 0 Å². The molecule has 2 heteroatoms. The van der Waals surface area contributed by atoms with Gasteiger partial charge in [0.2, 0.25) is 0 Å². The van der Waals surface area contributed by atoms with Gasteiger partial charge in [0.25, 0.3) is 0 Å². The van der Waals surface area contributed by atoms with Crippen molar-refractivity contribution in [2.75, 3.05) is 0 Å². The van der Waals surface area contributed by atoms with Gasteiger partial charge in [-0.2, -0.15) is 0 Å². The normalized spacial score (nSPS) is 45.0. The minimum absolute atomic E-state index is 0.271. The maximum atomic E-state index is 10.0. The van der Waals surface area contributed by atoms with Crippen molar-refractivity contribution in [1.82, 2.24) is 0 Å². The van der Waals surface area contributed by atoms with Gasteiger partial charge in [0, 0.05) is 12.8 Å². The van der Waals surface area contributed by atoms with Gasteiger partial charge in [-0.15, -0.1) is 0 Å². The highest BCUT2D eigenvalue weighted by molar-refractivity contribution is 4.76. The first-order chi connectivity index (χ1) is 2.79. The van der Waals surface area contributed by atoms with Gasteiger partial charge in [-0.1, -0.05) is 0 Å². The van der Waals surface area contributed by atoms with Crippen LogP contribution in [0.2, 0.25) is 0 Å². The van der Waals surface area contributed by atoms with Crippen molar-refractivity contribution in [2.45, 2.75) is 25.0 Å². The van der Waals surface area contributed by atoms with E-state index < -0.39 is 6.10 Å². The average Bonchev–Trinajstić information content (AvgIpc) is 1.33. The van der Waals surface area contributed by atoms with E-state index in [2.05, 4.69) is 0 Å². The van der Waals surface area contributed by atoms with Crippen molar-refractivity contribution >= 4 is 0 Å². The fourth-order valence-electron chi connectivity index (χ4n) is 0.538. The molecule has 0 heterocycles. The van der Waals surface area contributed by atoms with Crippen LogP contribution in [0.3, 0.4) is 0 Å². The highest BCUT2D eigenvalue weighted by atomic mass is 16.3. The largest absolute Gasteiger partial charge is 0.393 e. The summed E-state index contributed by atoms with van der Waals surface area (Å²) in [5, 5.41) is 18.5. The third-order valence-electron chi connectivity index (χ3n) is 1.07. The fraction of sp³-hybridized carbons (Fsp3) is 1.00. The van der Waals surface area contributed by atoms with Crippen LogP contribution in [0.1, 0.15) is 12.8 Å². The van der Waals surface area contributed by atoms with E-state index in [1.807, 2.05) is 0 Å². The Bertz CT molecular complexity index is 41.5. The standard InChI is InChI=1S/C4H7O2/c5-3-1-4(6)2-3/h3-5H,1-2H2. The molecule has 1 rings (SSSR count). The first kappa shape index (κ1) is 4.09. The Morgan fingerprint density at radius 1 is 1.50 bits per heavy atom. The first-order valence-corrected chi connectivity index (χ1v) is 2.13. The second kappa shape index (κ2) is 1.21. The summed E-state index contributed by atoms with van der Waals surface area (Å²) in [6.45, 7) is 0. The van der Waals surface area contributed by atoms with Gasteiger partial charge >= 0.3 is 0 Å². The van der Waals surface area contributed by atoms with Crippen LogP contribution in [-0.2, 0) is 5.11 Å². The molecule has 0 aromatic carbocycles. The predicted molar refractivity (Wildman–Crippen MR) is 19.7 cm³/mol. The van der Waals surface area contributed by atoms with Crippen LogP contribution in [-0.4, -0.2) is 17.3 Å². The molecule has 0 unspecified atom stereocenters. The number of hydrogen-bond donors (Lipinski definition) is 1. The summed E-state index contributed by atoms with van der Waals surface area (Å²) in [5.41, 5.74) is 0. The summed E-state index contributed by atoms with van der Waals surface area (Å²) in [6.07, 6.45) is 0.215. The van der Waals surface area contributed by atoms with Crippen LogP contribution in [0, 0.1) is 0 Å². The molecular weight excluding hydrogens is 80.0 g/mol. The summed E-state index contributed by atoms with van der Waals surface area (Å²) in [7, 11) is 0. The minimum Gasteiger partial charge on any atom is -0.393 e. The van der Waals surface area contributed by atoms with Crippen molar-refractivity contribution in [2.24, 2.45) is 0 Å². The summed E-state index contributed by atoms with van der Waals surface area (Å²) >= 11 is 0. The van der Waals surface area contributed by atoms with Gasteiger partial charge in [-0.05, 0) is 0 Å². The smallest absolute Gasteiger partial charge is 0.0979 e. The molecule has 2 nitrogen and oxygen atoms in total. The predicted octanol–water partition coefficient (Wildman–Crippen LogP) is -0.0598. The molecule has 0 aliphatic heterocycles. The molecule has 0 amide bonds. The quantitative estimate of drug-likeness (QED) is 0.441. The molecule has 35 valence electrons. The van der Waals surface area contributed by atoms with Crippen LogP contribution in [0.4, 0.5) is 0 Å². The lowest BCUT2D eigenvalue weighted by Gasteiger charge is -2.23. The van der Waals surface area contributed by atoms with Gasteiger partial charge < -0.3 is 5.11 Å². The molecule has 1 aliphatic rings.